The highest BCUT2D eigenvalue weighted by atomic mass is 16.5. The second kappa shape index (κ2) is 7.79. The zero-order chi connectivity index (χ0) is 17.0. The summed E-state index contributed by atoms with van der Waals surface area (Å²) < 4.78 is 7.70. The number of carbonyl (C=O) groups excluding carboxylic acids is 1. The van der Waals surface area contributed by atoms with Gasteiger partial charge in [0.1, 0.15) is 0 Å². The van der Waals surface area contributed by atoms with Crippen molar-refractivity contribution in [1.29, 1.82) is 0 Å². The fraction of sp³-hybridized carbons (Fsp3) is 0.750. The maximum atomic E-state index is 12.0. The van der Waals surface area contributed by atoms with E-state index in [4.69, 9.17) is 4.74 Å². The number of aromatic nitrogens is 2. The lowest BCUT2D eigenvalue weighted by atomic mass is 10.1. The van der Waals surface area contributed by atoms with Crippen LogP contribution in [0.5, 0.6) is 5.88 Å². The molecule has 2 rings (SSSR count). The molecule has 1 aliphatic rings. The molecule has 0 saturated carbocycles. The van der Waals surface area contributed by atoms with E-state index in [1.807, 2.05) is 18.5 Å². The average molecular weight is 324 g/mol. The Morgan fingerprint density at radius 1 is 1.48 bits per heavy atom. The maximum absolute atomic E-state index is 12.0. The van der Waals surface area contributed by atoms with Crippen molar-refractivity contribution in [3.63, 3.8) is 0 Å². The monoisotopic (exact) mass is 324 g/mol. The van der Waals surface area contributed by atoms with Gasteiger partial charge in [-0.25, -0.2) is 9.75 Å². The van der Waals surface area contributed by atoms with Gasteiger partial charge in [0.25, 0.3) is 5.91 Å². The number of aryl methyl sites for hydroxylation is 1. The summed E-state index contributed by atoms with van der Waals surface area (Å²) in [5.41, 5.74) is 1.89. The molecule has 1 atom stereocenters. The van der Waals surface area contributed by atoms with Gasteiger partial charge in [0.2, 0.25) is 5.88 Å². The number of hydroxylamine groups is 2. The summed E-state index contributed by atoms with van der Waals surface area (Å²) >= 11 is 0. The van der Waals surface area contributed by atoms with Crippen molar-refractivity contribution >= 4 is 5.91 Å². The molecule has 7 heteroatoms. The third-order valence-corrected chi connectivity index (χ3v) is 3.96. The molecule has 1 saturated heterocycles. The zero-order valence-corrected chi connectivity index (χ0v) is 14.5. The lowest BCUT2D eigenvalue weighted by Crippen LogP contribution is -2.49. The molecule has 0 aromatic carbocycles. The third-order valence-electron chi connectivity index (χ3n) is 3.96. The van der Waals surface area contributed by atoms with Crippen LogP contribution in [-0.4, -0.2) is 45.2 Å². The van der Waals surface area contributed by atoms with E-state index >= 15 is 0 Å². The van der Waals surface area contributed by atoms with Gasteiger partial charge in [-0.3, -0.25) is 10.0 Å². The quantitative estimate of drug-likeness (QED) is 0.747. The van der Waals surface area contributed by atoms with Gasteiger partial charge >= 0.3 is 0 Å². The summed E-state index contributed by atoms with van der Waals surface area (Å²) in [4.78, 5) is 12.0. The van der Waals surface area contributed by atoms with E-state index in [9.17, 15) is 10.0 Å². The van der Waals surface area contributed by atoms with Gasteiger partial charge < -0.3 is 10.1 Å². The summed E-state index contributed by atoms with van der Waals surface area (Å²) in [6.07, 6.45) is 1.53. The van der Waals surface area contributed by atoms with Crippen LogP contribution in [0.4, 0.5) is 0 Å². The number of nitrogens with one attached hydrogen (secondary N) is 1. The summed E-state index contributed by atoms with van der Waals surface area (Å²) in [5, 5.41) is 18.2. The van der Waals surface area contributed by atoms with Crippen molar-refractivity contribution in [1.82, 2.24) is 20.2 Å². The fourth-order valence-corrected chi connectivity index (χ4v) is 2.84. The Labute approximate surface area is 137 Å². The SMILES string of the molecule is CCOc1c(CNC2CCCN(O)C2=O)c(C)nn1CC(C)C. The first-order chi connectivity index (χ1) is 10.9. The van der Waals surface area contributed by atoms with Crippen LogP contribution < -0.4 is 10.1 Å². The highest BCUT2D eigenvalue weighted by Crippen LogP contribution is 2.24. The van der Waals surface area contributed by atoms with Gasteiger partial charge in [-0.1, -0.05) is 13.8 Å². The number of hydrogen-bond acceptors (Lipinski definition) is 5. The van der Waals surface area contributed by atoms with E-state index in [0.29, 0.717) is 25.6 Å². The number of amides is 1. The van der Waals surface area contributed by atoms with Crippen LogP contribution >= 0.6 is 0 Å². The Morgan fingerprint density at radius 2 is 2.22 bits per heavy atom. The van der Waals surface area contributed by atoms with Gasteiger partial charge in [0, 0.05) is 19.6 Å². The maximum Gasteiger partial charge on any atom is 0.263 e. The number of rotatable bonds is 7. The van der Waals surface area contributed by atoms with Crippen LogP contribution in [0.15, 0.2) is 0 Å². The molecule has 0 radical (unpaired) electrons. The Bertz CT molecular complexity index is 542. The molecule has 1 fully saturated rings. The summed E-state index contributed by atoms with van der Waals surface area (Å²) in [7, 11) is 0. The van der Waals surface area contributed by atoms with Crippen LogP contribution in [0.3, 0.4) is 0 Å². The van der Waals surface area contributed by atoms with E-state index in [1.54, 1.807) is 0 Å². The Kier molecular flexibility index (Phi) is 6.01. The Balaban J connectivity index is 2.12. The summed E-state index contributed by atoms with van der Waals surface area (Å²) in [5.74, 6) is 0.980. The largest absolute Gasteiger partial charge is 0.478 e. The van der Waals surface area contributed by atoms with Crippen molar-refractivity contribution in [2.24, 2.45) is 5.92 Å². The lowest BCUT2D eigenvalue weighted by Gasteiger charge is -2.28. The molecule has 1 aliphatic heterocycles. The molecule has 7 nitrogen and oxygen atoms in total. The van der Waals surface area contributed by atoms with Crippen molar-refractivity contribution in [2.75, 3.05) is 13.2 Å². The molecule has 0 bridgehead atoms. The molecule has 1 aromatic heterocycles. The van der Waals surface area contributed by atoms with E-state index in [-0.39, 0.29) is 11.9 Å². The molecule has 23 heavy (non-hydrogen) atoms. The third kappa shape index (κ3) is 4.23. The zero-order valence-electron chi connectivity index (χ0n) is 14.5. The van der Waals surface area contributed by atoms with E-state index in [2.05, 4.69) is 24.3 Å². The van der Waals surface area contributed by atoms with E-state index < -0.39 is 0 Å². The van der Waals surface area contributed by atoms with Crippen molar-refractivity contribution in [3.8, 4) is 5.88 Å². The van der Waals surface area contributed by atoms with Gasteiger partial charge in [0.15, 0.2) is 0 Å². The number of hydrogen-bond donors (Lipinski definition) is 2. The summed E-state index contributed by atoms with van der Waals surface area (Å²) in [6, 6.07) is -0.351. The molecule has 1 aromatic rings. The Morgan fingerprint density at radius 3 is 2.87 bits per heavy atom. The molecule has 1 amide bonds. The molecule has 0 spiro atoms. The molecular weight excluding hydrogens is 296 g/mol. The standard InChI is InChI=1S/C16H28N4O3/c1-5-23-16-13(12(4)18-19(16)10-11(2)3)9-17-14-7-6-8-20(22)15(14)21/h11,14,17,22H,5-10H2,1-4H3. The van der Waals surface area contributed by atoms with Gasteiger partial charge in [-0.2, -0.15) is 5.10 Å². The second-order valence-corrected chi connectivity index (χ2v) is 6.42. The van der Waals surface area contributed by atoms with Crippen molar-refractivity contribution in [2.45, 2.75) is 59.7 Å². The minimum Gasteiger partial charge on any atom is -0.478 e. The van der Waals surface area contributed by atoms with Crippen LogP contribution in [0, 0.1) is 12.8 Å². The second-order valence-electron chi connectivity index (χ2n) is 6.42. The van der Waals surface area contributed by atoms with Crippen LogP contribution in [0.1, 0.15) is 44.9 Å². The number of nitrogens with zero attached hydrogens (tertiary/aromatic N) is 3. The smallest absolute Gasteiger partial charge is 0.263 e. The van der Waals surface area contributed by atoms with Gasteiger partial charge in [-0.05, 0) is 32.6 Å². The normalized spacial score (nSPS) is 18.8. The first-order valence-corrected chi connectivity index (χ1v) is 8.36. The molecule has 130 valence electrons. The van der Waals surface area contributed by atoms with Gasteiger partial charge in [-0.15, -0.1) is 0 Å². The number of ether oxygens (including phenoxy) is 1. The van der Waals surface area contributed by atoms with Crippen LogP contribution in [-0.2, 0) is 17.9 Å². The molecule has 2 N–H and O–H groups in total. The average Bonchev–Trinajstić information content (AvgIpc) is 2.76. The van der Waals surface area contributed by atoms with E-state index in [0.717, 1.165) is 41.6 Å². The minimum absolute atomic E-state index is 0.263. The molecule has 1 unspecified atom stereocenters. The number of piperidine rings is 1. The first-order valence-electron chi connectivity index (χ1n) is 8.36. The first kappa shape index (κ1) is 17.7. The predicted octanol–water partition coefficient (Wildman–Crippen LogP) is 1.72. The molecule has 2 heterocycles. The minimum atomic E-state index is -0.351. The Hall–Kier alpha value is -1.60. The highest BCUT2D eigenvalue weighted by molar-refractivity contribution is 5.81. The van der Waals surface area contributed by atoms with Crippen molar-refractivity contribution < 1.29 is 14.7 Å². The predicted molar refractivity (Wildman–Crippen MR) is 86.3 cm³/mol. The highest BCUT2D eigenvalue weighted by Gasteiger charge is 2.28. The van der Waals surface area contributed by atoms with Crippen LogP contribution in [0.25, 0.3) is 0 Å². The van der Waals surface area contributed by atoms with Gasteiger partial charge in [0.05, 0.1) is 23.9 Å². The fourth-order valence-electron chi connectivity index (χ4n) is 2.84. The molecular formula is C16H28N4O3. The topological polar surface area (TPSA) is 79.6 Å². The number of carbonyl (C=O) groups is 1. The van der Waals surface area contributed by atoms with E-state index in [1.165, 1.54) is 0 Å². The molecule has 0 aliphatic carbocycles. The lowest BCUT2D eigenvalue weighted by molar-refractivity contribution is -0.172. The summed E-state index contributed by atoms with van der Waals surface area (Å²) in [6.45, 7) is 10.5. The van der Waals surface area contributed by atoms with Crippen molar-refractivity contribution in [3.05, 3.63) is 11.3 Å². The van der Waals surface area contributed by atoms with Crippen LogP contribution in [0.2, 0.25) is 0 Å².